The Kier molecular flexibility index (Phi) is 4.42. The van der Waals surface area contributed by atoms with Crippen LogP contribution in [0, 0.1) is 0 Å². The van der Waals surface area contributed by atoms with E-state index in [1.54, 1.807) is 43.3 Å². The molecule has 1 aromatic heterocycles. The third kappa shape index (κ3) is 3.58. The number of furan rings is 1. The van der Waals surface area contributed by atoms with Crippen LogP contribution in [0.25, 0.3) is 0 Å². The van der Waals surface area contributed by atoms with E-state index < -0.39 is 21.5 Å². The summed E-state index contributed by atoms with van der Waals surface area (Å²) in [4.78, 5) is 0. The van der Waals surface area contributed by atoms with Gasteiger partial charge >= 0.3 is 135 Å². The molecule has 3 rings (SSSR count). The Hall–Kier alpha value is -2.22. The molecule has 2 heterocycles. The molecule has 0 unspecified atom stereocenters. The van der Waals surface area contributed by atoms with Crippen molar-refractivity contribution in [2.75, 3.05) is 0 Å². The second-order valence-corrected chi connectivity index (χ2v) is 8.61. The SMILES string of the molecule is C/C(=N/N=C(/N)OB1O[As](=O)(c2ccccc2)O1)c1ccco1. The molecule has 0 atom stereocenters. The van der Waals surface area contributed by atoms with Crippen LogP contribution in [0.4, 0.5) is 0 Å². The summed E-state index contributed by atoms with van der Waals surface area (Å²) >= 11 is -3.99. The van der Waals surface area contributed by atoms with Gasteiger partial charge in [-0.2, -0.15) is 0 Å². The first-order valence-corrected chi connectivity index (χ1v) is 9.91. The van der Waals surface area contributed by atoms with Crippen molar-refractivity contribution in [2.24, 2.45) is 15.9 Å². The van der Waals surface area contributed by atoms with E-state index in [-0.39, 0.29) is 6.02 Å². The molecule has 2 N–H and O–H groups in total. The normalized spacial score (nSPS) is 17.7. The molecule has 1 aromatic carbocycles. The topological polar surface area (TPSA) is 109 Å². The fourth-order valence-corrected chi connectivity index (χ4v) is 4.59. The van der Waals surface area contributed by atoms with Crippen molar-refractivity contribution in [1.82, 2.24) is 0 Å². The van der Waals surface area contributed by atoms with Gasteiger partial charge in [0.15, 0.2) is 0 Å². The van der Waals surface area contributed by atoms with E-state index in [9.17, 15) is 3.74 Å². The molecule has 1 fully saturated rings. The number of nitrogens with two attached hydrogens (primary N) is 1. The molecule has 118 valence electrons. The van der Waals surface area contributed by atoms with Crippen molar-refractivity contribution in [3.63, 3.8) is 0 Å². The average Bonchev–Trinajstić information content (AvgIpc) is 3.06. The first-order valence-electron chi connectivity index (χ1n) is 6.67. The van der Waals surface area contributed by atoms with Crippen molar-refractivity contribution < 1.29 is 20.1 Å². The maximum absolute atomic E-state index is 12.3. The molecule has 0 saturated carbocycles. The van der Waals surface area contributed by atoms with Crippen LogP contribution in [-0.2, 0) is 15.7 Å². The molecule has 1 saturated heterocycles. The summed E-state index contributed by atoms with van der Waals surface area (Å²) in [5, 5.41) is 7.54. The van der Waals surface area contributed by atoms with E-state index in [2.05, 4.69) is 10.2 Å². The zero-order valence-corrected chi connectivity index (χ0v) is 14.0. The minimum absolute atomic E-state index is 0.268. The molecule has 0 spiro atoms. The summed E-state index contributed by atoms with van der Waals surface area (Å²) in [6.07, 6.45) is 1.52. The molecule has 1 aliphatic rings. The summed E-state index contributed by atoms with van der Waals surface area (Å²) in [6, 6.07) is 11.9. The number of amidine groups is 1. The van der Waals surface area contributed by atoms with Crippen LogP contribution in [0.5, 0.6) is 0 Å². The predicted molar refractivity (Wildman–Crippen MR) is 84.1 cm³/mol. The third-order valence-electron chi connectivity index (χ3n) is 2.92. The molecule has 10 heteroatoms. The van der Waals surface area contributed by atoms with Crippen molar-refractivity contribution in [3.8, 4) is 0 Å². The molecule has 8 nitrogen and oxygen atoms in total. The fourth-order valence-electron chi connectivity index (χ4n) is 1.79. The van der Waals surface area contributed by atoms with Gasteiger partial charge in [-0.15, -0.1) is 0 Å². The summed E-state index contributed by atoms with van der Waals surface area (Å²) < 4.78 is 33.4. The van der Waals surface area contributed by atoms with Gasteiger partial charge in [0, 0.05) is 0 Å². The first kappa shape index (κ1) is 15.7. The predicted octanol–water partition coefficient (Wildman–Crippen LogP) is 0.643. The first-order chi connectivity index (χ1) is 11.1. The second kappa shape index (κ2) is 6.49. The van der Waals surface area contributed by atoms with Gasteiger partial charge in [-0.05, 0) is 0 Å². The molecule has 0 aliphatic carbocycles. The minimum atomic E-state index is -3.99. The van der Waals surface area contributed by atoms with E-state index in [1.807, 2.05) is 6.07 Å². The van der Waals surface area contributed by atoms with Crippen LogP contribution in [0.1, 0.15) is 12.7 Å². The number of rotatable bonds is 4. The molecule has 0 bridgehead atoms. The quantitative estimate of drug-likeness (QED) is 0.363. The van der Waals surface area contributed by atoms with Gasteiger partial charge in [0.05, 0.1) is 0 Å². The molecule has 23 heavy (non-hydrogen) atoms. The second-order valence-electron chi connectivity index (χ2n) is 4.55. The van der Waals surface area contributed by atoms with E-state index in [1.165, 1.54) is 6.26 Å². The molecular formula is C13H13AsBN3O5. The summed E-state index contributed by atoms with van der Waals surface area (Å²) in [5.74, 6) is 0.564. The van der Waals surface area contributed by atoms with Gasteiger partial charge in [-0.1, -0.05) is 0 Å². The van der Waals surface area contributed by atoms with Gasteiger partial charge in [-0.25, -0.2) is 0 Å². The van der Waals surface area contributed by atoms with E-state index in [0.29, 0.717) is 15.8 Å². The Balaban J connectivity index is 1.56. The van der Waals surface area contributed by atoms with E-state index in [0.717, 1.165) is 0 Å². The number of hydrogen-bond donors (Lipinski definition) is 1. The monoisotopic (exact) mass is 377 g/mol. The van der Waals surface area contributed by atoms with Gasteiger partial charge in [0.25, 0.3) is 0 Å². The van der Waals surface area contributed by atoms with Crippen LogP contribution in [0.15, 0.2) is 63.3 Å². The van der Waals surface area contributed by atoms with Crippen molar-refractivity contribution in [3.05, 3.63) is 54.5 Å². The number of nitrogens with zero attached hydrogens (tertiary/aromatic N) is 2. The summed E-state index contributed by atoms with van der Waals surface area (Å²) in [6.45, 7) is 1.71. The van der Waals surface area contributed by atoms with Crippen LogP contribution in [0.3, 0.4) is 0 Å². The van der Waals surface area contributed by atoms with Gasteiger partial charge in [0.1, 0.15) is 0 Å². The molecule has 1 aliphatic heterocycles. The van der Waals surface area contributed by atoms with Gasteiger partial charge in [0.2, 0.25) is 0 Å². The van der Waals surface area contributed by atoms with E-state index in [4.69, 9.17) is 22.1 Å². The van der Waals surface area contributed by atoms with Crippen LogP contribution < -0.4 is 10.1 Å². The Bertz CT molecular complexity index is 768. The number of benzene rings is 1. The van der Waals surface area contributed by atoms with Crippen LogP contribution >= 0.6 is 0 Å². The summed E-state index contributed by atoms with van der Waals surface area (Å²) in [7, 11) is -1.15. The maximum atomic E-state index is 12.3. The van der Waals surface area contributed by atoms with Crippen LogP contribution in [0.2, 0.25) is 0 Å². The Morgan fingerprint density at radius 1 is 1.17 bits per heavy atom. The Morgan fingerprint density at radius 2 is 1.91 bits per heavy atom. The zero-order chi connectivity index (χ0) is 16.3. The molecular weight excluding hydrogens is 364 g/mol. The van der Waals surface area contributed by atoms with Crippen molar-refractivity contribution in [2.45, 2.75) is 6.92 Å². The molecule has 0 radical (unpaired) electrons. The van der Waals surface area contributed by atoms with E-state index >= 15 is 0 Å². The molecule has 0 amide bonds. The average molecular weight is 377 g/mol. The van der Waals surface area contributed by atoms with Gasteiger partial charge < -0.3 is 0 Å². The Labute approximate surface area is 135 Å². The third-order valence-corrected chi connectivity index (χ3v) is 6.75. The fraction of sp³-hybridized carbons (Fsp3) is 0.0769. The van der Waals surface area contributed by atoms with Crippen LogP contribution in [-0.4, -0.2) is 33.2 Å². The standard InChI is InChI=1S/C13H13AsBN3O5/c1-10(12-8-5-9-20-12)17-18-13(16)21-15-22-14(19,23-15)11-6-3-2-4-7-11/h2-9H,1H3,(H2,16,18)/b17-10-. The van der Waals surface area contributed by atoms with Crippen molar-refractivity contribution in [1.29, 1.82) is 0 Å². The van der Waals surface area contributed by atoms with Gasteiger partial charge in [-0.3, -0.25) is 0 Å². The molecule has 2 aromatic rings. The van der Waals surface area contributed by atoms with Crippen molar-refractivity contribution >= 4 is 37.6 Å². The Morgan fingerprint density at radius 3 is 2.57 bits per heavy atom. The number of hydrogen-bond acceptors (Lipinski definition) is 7. The zero-order valence-electron chi connectivity index (χ0n) is 12.2. The summed E-state index contributed by atoms with van der Waals surface area (Å²) in [5.41, 5.74) is 6.08.